The molecule has 0 spiro atoms. The Bertz CT molecular complexity index is 199. The fourth-order valence-corrected chi connectivity index (χ4v) is 1.99. The van der Waals surface area contributed by atoms with Crippen LogP contribution in [0.1, 0.15) is 52.4 Å². The van der Waals surface area contributed by atoms with Crippen LogP contribution in [0.3, 0.4) is 0 Å². The zero-order valence-electron chi connectivity index (χ0n) is 11.6. The Morgan fingerprint density at radius 3 is 2.06 bits per heavy atom. The summed E-state index contributed by atoms with van der Waals surface area (Å²) >= 11 is 0. The summed E-state index contributed by atoms with van der Waals surface area (Å²) in [5.41, 5.74) is 0. The van der Waals surface area contributed by atoms with Crippen LogP contribution in [0.15, 0.2) is 0 Å². The quantitative estimate of drug-likeness (QED) is 0.246. The van der Waals surface area contributed by atoms with Gasteiger partial charge in [-0.2, -0.15) is 0 Å². The second-order valence-corrected chi connectivity index (χ2v) is 5.05. The zero-order valence-corrected chi connectivity index (χ0v) is 18.7. The molecule has 0 radical (unpaired) electrons. The SMILES string of the molecule is CCCCCC(CCC)COP(=O)([O-])[O-].[K+].[K+]. The van der Waals surface area contributed by atoms with Crippen LogP contribution in [0.5, 0.6) is 0 Å². The van der Waals surface area contributed by atoms with E-state index in [1.165, 1.54) is 0 Å². The zero-order chi connectivity index (χ0) is 11.7. The van der Waals surface area contributed by atoms with Gasteiger partial charge in [0.1, 0.15) is 0 Å². The van der Waals surface area contributed by atoms with Crippen LogP contribution in [0, 0.1) is 5.92 Å². The smallest absolute Gasteiger partial charge is 0.790 e. The molecule has 0 aliphatic heterocycles. The molecule has 0 aromatic rings. The number of phosphoric ester groups is 1. The van der Waals surface area contributed by atoms with E-state index in [4.69, 9.17) is 0 Å². The molecule has 0 amide bonds. The minimum Gasteiger partial charge on any atom is -0.790 e. The molecule has 0 fully saturated rings. The Morgan fingerprint density at radius 1 is 1.06 bits per heavy atom. The van der Waals surface area contributed by atoms with Crippen molar-refractivity contribution < 1.29 is 122 Å². The third-order valence-corrected chi connectivity index (χ3v) is 2.85. The monoisotopic (exact) mass is 314 g/mol. The van der Waals surface area contributed by atoms with Crippen molar-refractivity contribution in [1.82, 2.24) is 0 Å². The maximum Gasteiger partial charge on any atom is 1.00 e. The van der Waals surface area contributed by atoms with Gasteiger partial charge in [-0.3, -0.25) is 0 Å². The van der Waals surface area contributed by atoms with Crippen LogP contribution < -0.4 is 113 Å². The van der Waals surface area contributed by atoms with Crippen LogP contribution >= 0.6 is 7.82 Å². The number of unbranched alkanes of at least 4 members (excludes halogenated alkanes) is 2. The first-order valence-corrected chi connectivity index (χ1v) is 7.12. The number of phosphoric acid groups is 1. The van der Waals surface area contributed by atoms with E-state index in [2.05, 4.69) is 11.4 Å². The summed E-state index contributed by atoms with van der Waals surface area (Å²) in [7, 11) is -4.78. The molecule has 0 saturated carbocycles. The standard InChI is InChI=1S/C10H23O4P.2K/c1-3-5-6-8-10(7-4-2)9-14-15(11,12)13;;/h10H,3-9H2,1-2H3,(H2,11,12,13);;/q;2*+1/p-2. The van der Waals surface area contributed by atoms with Gasteiger partial charge in [-0.05, 0) is 18.8 Å². The summed E-state index contributed by atoms with van der Waals surface area (Å²) in [6, 6.07) is 0. The molecule has 0 aliphatic rings. The number of hydrogen-bond acceptors (Lipinski definition) is 4. The van der Waals surface area contributed by atoms with E-state index in [0.717, 1.165) is 38.5 Å². The van der Waals surface area contributed by atoms with Crippen molar-refractivity contribution in [3.05, 3.63) is 0 Å². The average molecular weight is 314 g/mol. The molecule has 1 atom stereocenters. The molecule has 1 unspecified atom stereocenters. The normalized spacial score (nSPS) is 12.5. The predicted molar refractivity (Wildman–Crippen MR) is 56.1 cm³/mol. The maximum atomic E-state index is 10.3. The van der Waals surface area contributed by atoms with E-state index in [-0.39, 0.29) is 115 Å². The van der Waals surface area contributed by atoms with E-state index in [1.807, 2.05) is 6.92 Å². The molecule has 92 valence electrons. The predicted octanol–water partition coefficient (Wildman–Crippen LogP) is -4.16. The molecular weight excluding hydrogens is 293 g/mol. The number of rotatable bonds is 9. The van der Waals surface area contributed by atoms with Crippen LogP contribution in [0.25, 0.3) is 0 Å². The molecular formula is C10H21K2O4P. The third kappa shape index (κ3) is 19.4. The van der Waals surface area contributed by atoms with Gasteiger partial charge < -0.3 is 18.9 Å². The minimum absolute atomic E-state index is 0. The maximum absolute atomic E-state index is 10.3. The van der Waals surface area contributed by atoms with Gasteiger partial charge in [-0.15, -0.1) is 0 Å². The van der Waals surface area contributed by atoms with Crippen molar-refractivity contribution in [2.24, 2.45) is 5.92 Å². The molecule has 0 rings (SSSR count). The van der Waals surface area contributed by atoms with E-state index >= 15 is 0 Å². The van der Waals surface area contributed by atoms with Crippen LogP contribution in [-0.2, 0) is 9.09 Å². The summed E-state index contributed by atoms with van der Waals surface area (Å²) in [6.07, 6.45) is 6.22. The van der Waals surface area contributed by atoms with Crippen LogP contribution in [0.2, 0.25) is 0 Å². The van der Waals surface area contributed by atoms with Crippen LogP contribution in [0.4, 0.5) is 0 Å². The first kappa shape index (κ1) is 25.3. The van der Waals surface area contributed by atoms with Crippen molar-refractivity contribution in [2.45, 2.75) is 52.4 Å². The van der Waals surface area contributed by atoms with Gasteiger partial charge in [0.2, 0.25) is 0 Å². The van der Waals surface area contributed by atoms with E-state index in [1.54, 1.807) is 0 Å². The molecule has 4 nitrogen and oxygen atoms in total. The van der Waals surface area contributed by atoms with E-state index in [0.29, 0.717) is 0 Å². The van der Waals surface area contributed by atoms with Crippen LogP contribution in [-0.4, -0.2) is 6.61 Å². The van der Waals surface area contributed by atoms with Gasteiger partial charge in [-0.25, -0.2) is 0 Å². The van der Waals surface area contributed by atoms with E-state index in [9.17, 15) is 14.4 Å². The average Bonchev–Trinajstić information content (AvgIpc) is 2.13. The summed E-state index contributed by atoms with van der Waals surface area (Å²) in [5.74, 6) is 0.206. The van der Waals surface area contributed by atoms with E-state index < -0.39 is 7.82 Å². The molecule has 0 N–H and O–H groups in total. The third-order valence-electron chi connectivity index (χ3n) is 2.38. The first-order chi connectivity index (χ1) is 6.99. The molecule has 7 heteroatoms. The molecule has 0 aliphatic carbocycles. The second kappa shape index (κ2) is 15.8. The van der Waals surface area contributed by atoms with Crippen molar-refractivity contribution in [2.75, 3.05) is 6.61 Å². The summed E-state index contributed by atoms with van der Waals surface area (Å²) in [4.78, 5) is 20.6. The fourth-order valence-electron chi connectivity index (χ4n) is 1.60. The second-order valence-electron chi connectivity index (χ2n) is 3.89. The first-order valence-electron chi connectivity index (χ1n) is 5.66. The fraction of sp³-hybridized carbons (Fsp3) is 1.00. The molecule has 17 heavy (non-hydrogen) atoms. The topological polar surface area (TPSA) is 72.4 Å². The Kier molecular flexibility index (Phi) is 23.5. The van der Waals surface area contributed by atoms with Crippen molar-refractivity contribution in [1.29, 1.82) is 0 Å². The Labute approximate surface area is 190 Å². The van der Waals surface area contributed by atoms with Gasteiger partial charge in [-0.1, -0.05) is 39.5 Å². The minimum atomic E-state index is -4.78. The van der Waals surface area contributed by atoms with Gasteiger partial charge in [0, 0.05) is 0 Å². The number of hydrogen-bond donors (Lipinski definition) is 0. The van der Waals surface area contributed by atoms with Gasteiger partial charge >= 0.3 is 103 Å². The Balaban J connectivity index is -0.000000980. The Hall–Kier alpha value is 3.38. The van der Waals surface area contributed by atoms with Gasteiger partial charge in [0.25, 0.3) is 0 Å². The van der Waals surface area contributed by atoms with Crippen molar-refractivity contribution >= 4 is 7.82 Å². The molecule has 0 saturated heterocycles. The summed E-state index contributed by atoms with van der Waals surface area (Å²) in [6.45, 7) is 4.22. The van der Waals surface area contributed by atoms with Crippen molar-refractivity contribution in [3.8, 4) is 0 Å². The molecule has 0 aromatic carbocycles. The summed E-state index contributed by atoms with van der Waals surface area (Å²) in [5, 5.41) is 0. The Morgan fingerprint density at radius 2 is 1.65 bits per heavy atom. The largest absolute Gasteiger partial charge is 1.00 e. The molecule has 0 aromatic heterocycles. The molecule has 0 bridgehead atoms. The summed E-state index contributed by atoms with van der Waals surface area (Å²) < 4.78 is 14.6. The van der Waals surface area contributed by atoms with Gasteiger partial charge in [0.15, 0.2) is 0 Å². The van der Waals surface area contributed by atoms with Gasteiger partial charge in [0.05, 0.1) is 14.4 Å². The van der Waals surface area contributed by atoms with Crippen molar-refractivity contribution in [3.63, 3.8) is 0 Å². The molecule has 0 heterocycles.